The van der Waals surface area contributed by atoms with Crippen molar-refractivity contribution < 1.29 is 4.74 Å². The first kappa shape index (κ1) is 10.6. The predicted octanol–water partition coefficient (Wildman–Crippen LogP) is 3.18. The fourth-order valence-corrected chi connectivity index (χ4v) is 1.40. The smallest absolute Gasteiger partial charge is 0.112 e. The summed E-state index contributed by atoms with van der Waals surface area (Å²) >= 11 is 5.03. The summed E-state index contributed by atoms with van der Waals surface area (Å²) in [4.78, 5) is 0. The van der Waals surface area contributed by atoms with Crippen molar-refractivity contribution in [2.24, 2.45) is 0 Å². The molecule has 1 aromatic carbocycles. The Bertz CT molecular complexity index is 223. The molecule has 0 fully saturated rings. The van der Waals surface area contributed by atoms with Gasteiger partial charge in [-0.2, -0.15) is 0 Å². The molecule has 0 saturated heterocycles. The van der Waals surface area contributed by atoms with E-state index in [-0.39, 0.29) is 5.44 Å². The lowest BCUT2D eigenvalue weighted by Crippen LogP contribution is -2.01. The van der Waals surface area contributed by atoms with Gasteiger partial charge in [-0.1, -0.05) is 43.0 Å². The van der Waals surface area contributed by atoms with Crippen molar-refractivity contribution in [3.05, 3.63) is 35.9 Å². The van der Waals surface area contributed by atoms with Crippen LogP contribution >= 0.6 is 12.6 Å². The molecule has 1 nitrogen and oxygen atoms in total. The fraction of sp³-hybridized carbons (Fsp3) is 0.455. The van der Waals surface area contributed by atoms with E-state index in [2.05, 4.69) is 24.3 Å². The van der Waals surface area contributed by atoms with Crippen molar-refractivity contribution in [3.63, 3.8) is 0 Å². The topological polar surface area (TPSA) is 9.23 Å². The summed E-state index contributed by atoms with van der Waals surface area (Å²) < 4.78 is 5.00. The minimum absolute atomic E-state index is 0.0243. The summed E-state index contributed by atoms with van der Waals surface area (Å²) in [6.45, 7) is 0. The van der Waals surface area contributed by atoms with Crippen LogP contribution in [0.25, 0.3) is 0 Å². The number of hydrogen-bond acceptors (Lipinski definition) is 1. The summed E-state index contributed by atoms with van der Waals surface area (Å²) in [6.07, 6.45) is 3.16. The highest BCUT2D eigenvalue weighted by molar-refractivity contribution is 7.80. The van der Waals surface area contributed by atoms with Gasteiger partial charge in [-0.3, -0.25) is 0 Å². The van der Waals surface area contributed by atoms with Gasteiger partial charge in [0.1, 0.15) is 5.44 Å². The van der Waals surface area contributed by atoms with Gasteiger partial charge in [0.05, 0.1) is 0 Å². The lowest BCUT2D eigenvalue weighted by molar-refractivity contribution is 0.165. The second-order valence-electron chi connectivity index (χ2n) is 3.04. The molecule has 0 heterocycles. The van der Waals surface area contributed by atoms with Crippen LogP contribution in [0.15, 0.2) is 30.3 Å². The Balaban J connectivity index is 2.20. The van der Waals surface area contributed by atoms with Crippen LogP contribution in [0.1, 0.15) is 18.4 Å². The van der Waals surface area contributed by atoms with E-state index in [1.165, 1.54) is 5.56 Å². The molecular formula is C11H15OS. The molecule has 1 atom stereocenters. The first-order valence-electron chi connectivity index (χ1n) is 4.55. The maximum atomic E-state index is 5.03. The molecule has 1 radical (unpaired) electrons. The maximum absolute atomic E-state index is 5.03. The lowest BCUT2D eigenvalue weighted by Gasteiger charge is -2.06. The molecule has 0 spiro atoms. The largest absolute Gasteiger partial charge is 0.370 e. The van der Waals surface area contributed by atoms with Crippen LogP contribution in [0.4, 0.5) is 0 Å². The molecule has 1 rings (SSSR count). The van der Waals surface area contributed by atoms with E-state index >= 15 is 0 Å². The van der Waals surface area contributed by atoms with Crippen LogP contribution in [0, 0.1) is 0 Å². The van der Waals surface area contributed by atoms with E-state index in [1.54, 1.807) is 7.11 Å². The fourth-order valence-electron chi connectivity index (χ4n) is 1.24. The van der Waals surface area contributed by atoms with E-state index in [9.17, 15) is 0 Å². The van der Waals surface area contributed by atoms with Gasteiger partial charge in [0.15, 0.2) is 0 Å². The maximum Gasteiger partial charge on any atom is 0.112 e. The van der Waals surface area contributed by atoms with E-state index in [0.29, 0.717) is 0 Å². The Morgan fingerprint density at radius 3 is 2.62 bits per heavy atom. The van der Waals surface area contributed by atoms with E-state index in [4.69, 9.17) is 17.4 Å². The van der Waals surface area contributed by atoms with Crippen LogP contribution < -0.4 is 0 Å². The number of hydrogen-bond donors (Lipinski definition) is 0. The minimum atomic E-state index is -0.0243. The summed E-state index contributed by atoms with van der Waals surface area (Å²) in [5.41, 5.74) is 1.35. The van der Waals surface area contributed by atoms with Crippen molar-refractivity contribution in [1.29, 1.82) is 0 Å². The molecule has 71 valence electrons. The molecule has 1 aromatic rings. The van der Waals surface area contributed by atoms with E-state index in [1.807, 2.05) is 6.07 Å². The molecule has 13 heavy (non-hydrogen) atoms. The number of benzene rings is 1. The Morgan fingerprint density at radius 2 is 2.00 bits per heavy atom. The zero-order chi connectivity index (χ0) is 9.52. The average Bonchev–Trinajstić information content (AvgIpc) is 2.19. The minimum Gasteiger partial charge on any atom is -0.370 e. The Kier molecular flexibility index (Phi) is 4.94. The van der Waals surface area contributed by atoms with Crippen molar-refractivity contribution >= 4 is 12.6 Å². The third kappa shape index (κ3) is 4.34. The quantitative estimate of drug-likeness (QED) is 0.701. The van der Waals surface area contributed by atoms with Crippen LogP contribution in [0.2, 0.25) is 0 Å². The average molecular weight is 195 g/mol. The molecule has 2 heteroatoms. The van der Waals surface area contributed by atoms with Gasteiger partial charge in [0.25, 0.3) is 0 Å². The van der Waals surface area contributed by atoms with Crippen LogP contribution in [-0.4, -0.2) is 12.5 Å². The highest BCUT2D eigenvalue weighted by Gasteiger charge is 2.00. The third-order valence-corrected chi connectivity index (χ3v) is 2.44. The van der Waals surface area contributed by atoms with Gasteiger partial charge in [-0.25, -0.2) is 0 Å². The number of aryl methyl sites for hydroxylation is 1. The van der Waals surface area contributed by atoms with Gasteiger partial charge >= 0.3 is 0 Å². The normalized spacial score (nSPS) is 12.8. The van der Waals surface area contributed by atoms with Crippen LogP contribution in [-0.2, 0) is 11.2 Å². The van der Waals surface area contributed by atoms with Crippen LogP contribution in [0.3, 0.4) is 0 Å². The molecule has 0 aromatic heterocycles. The molecule has 1 unspecified atom stereocenters. The molecule has 0 saturated carbocycles. The summed E-state index contributed by atoms with van der Waals surface area (Å²) in [7, 11) is 1.67. The monoisotopic (exact) mass is 195 g/mol. The van der Waals surface area contributed by atoms with Gasteiger partial charge in [-0.05, 0) is 24.8 Å². The van der Waals surface area contributed by atoms with E-state index in [0.717, 1.165) is 19.3 Å². The Hall–Kier alpha value is -0.470. The van der Waals surface area contributed by atoms with Crippen LogP contribution in [0.5, 0.6) is 0 Å². The molecule has 0 aliphatic rings. The lowest BCUT2D eigenvalue weighted by atomic mass is 10.1. The van der Waals surface area contributed by atoms with Crippen molar-refractivity contribution in [1.82, 2.24) is 0 Å². The zero-order valence-corrected chi connectivity index (χ0v) is 8.72. The Labute approximate surface area is 85.5 Å². The second-order valence-corrected chi connectivity index (χ2v) is 3.57. The third-order valence-electron chi connectivity index (χ3n) is 2.01. The molecule has 0 bridgehead atoms. The Morgan fingerprint density at radius 1 is 1.31 bits per heavy atom. The summed E-state index contributed by atoms with van der Waals surface area (Å²) in [6, 6.07) is 10.5. The summed E-state index contributed by atoms with van der Waals surface area (Å²) in [5.74, 6) is 0. The summed E-state index contributed by atoms with van der Waals surface area (Å²) in [5, 5.41) is 0. The van der Waals surface area contributed by atoms with Crippen molar-refractivity contribution in [3.8, 4) is 0 Å². The first-order valence-corrected chi connectivity index (χ1v) is 5.02. The zero-order valence-electron chi connectivity index (χ0n) is 7.90. The highest BCUT2D eigenvalue weighted by Crippen LogP contribution is 2.09. The number of ether oxygens (including phenoxy) is 1. The SMILES string of the molecule is COC([S])CCCc1ccccc1. The number of rotatable bonds is 5. The molecule has 0 N–H and O–H groups in total. The van der Waals surface area contributed by atoms with Gasteiger partial charge in [-0.15, -0.1) is 0 Å². The molecular weight excluding hydrogens is 180 g/mol. The van der Waals surface area contributed by atoms with Crippen molar-refractivity contribution in [2.45, 2.75) is 24.7 Å². The predicted molar refractivity (Wildman–Crippen MR) is 57.8 cm³/mol. The standard InChI is InChI=1S/C11H15OS/c1-12-11(13)9-5-8-10-6-3-2-4-7-10/h2-4,6-7,11H,5,8-9H2,1H3. The first-order chi connectivity index (χ1) is 6.33. The molecule has 0 aliphatic heterocycles. The highest BCUT2D eigenvalue weighted by atomic mass is 32.1. The van der Waals surface area contributed by atoms with Gasteiger partial charge < -0.3 is 4.74 Å². The second kappa shape index (κ2) is 6.06. The van der Waals surface area contributed by atoms with Crippen molar-refractivity contribution in [2.75, 3.05) is 7.11 Å². The molecule has 0 amide bonds. The van der Waals surface area contributed by atoms with E-state index < -0.39 is 0 Å². The molecule has 0 aliphatic carbocycles. The van der Waals surface area contributed by atoms with Gasteiger partial charge in [0.2, 0.25) is 0 Å². The van der Waals surface area contributed by atoms with Gasteiger partial charge in [0, 0.05) is 7.11 Å². The number of methoxy groups -OCH3 is 1.